The minimum Gasteiger partial charge on any atom is -0.394 e. The molecule has 228 valence electrons. The average Bonchev–Trinajstić information content (AvgIpc) is 3.70. The lowest BCUT2D eigenvalue weighted by Gasteiger charge is -2.32. The minimum absolute atomic E-state index is 0.0375. The third kappa shape index (κ3) is 4.98. The Balaban J connectivity index is 1.04. The molecular weight excluding hydrogens is 570 g/mol. The van der Waals surface area contributed by atoms with Crippen LogP contribution in [0.5, 0.6) is 0 Å². The van der Waals surface area contributed by atoms with E-state index in [4.69, 9.17) is 5.73 Å². The van der Waals surface area contributed by atoms with Gasteiger partial charge in [-0.3, -0.25) is 19.2 Å². The number of amides is 1. The lowest BCUT2D eigenvalue weighted by molar-refractivity contribution is 0.0945. The first-order chi connectivity index (χ1) is 21.7. The molecule has 7 rings (SSSR count). The van der Waals surface area contributed by atoms with Crippen molar-refractivity contribution >= 4 is 28.7 Å². The van der Waals surface area contributed by atoms with Gasteiger partial charge in [-0.1, -0.05) is 30.3 Å². The molecule has 0 radical (unpaired) electrons. The van der Waals surface area contributed by atoms with E-state index in [2.05, 4.69) is 26.8 Å². The Hall–Kier alpha value is -5.16. The second-order valence-corrected chi connectivity index (χ2v) is 11.9. The second-order valence-electron chi connectivity index (χ2n) is 11.9. The highest BCUT2D eigenvalue weighted by Gasteiger charge is 2.28. The van der Waals surface area contributed by atoms with Crippen LogP contribution < -0.4 is 32.1 Å². The highest BCUT2D eigenvalue weighted by molar-refractivity contribution is 5.96. The number of fused-ring (bicyclic) bond motifs is 3. The number of Topliss-reactive ketones (excluding diaryl/α,β-unsaturated/α-hetero) is 1. The molecule has 0 saturated heterocycles. The first kappa shape index (κ1) is 28.6. The minimum atomic E-state index is -0.614. The third-order valence-electron chi connectivity index (χ3n) is 9.24. The van der Waals surface area contributed by atoms with Gasteiger partial charge in [0.2, 0.25) is 0 Å². The number of hydrogen-bond acceptors (Lipinski definition) is 9. The van der Waals surface area contributed by atoms with E-state index in [1.165, 1.54) is 16.7 Å². The fourth-order valence-electron chi connectivity index (χ4n) is 6.82. The van der Waals surface area contributed by atoms with Gasteiger partial charge in [-0.05, 0) is 72.6 Å². The molecule has 0 unspecified atom stereocenters. The van der Waals surface area contributed by atoms with Gasteiger partial charge in [0, 0.05) is 43.9 Å². The Morgan fingerprint density at radius 1 is 1.02 bits per heavy atom. The summed E-state index contributed by atoms with van der Waals surface area (Å²) in [5.74, 6) is -0.216. The molecule has 3 aromatic carbocycles. The third-order valence-corrected chi connectivity index (χ3v) is 9.24. The number of hydrogen-bond donors (Lipinski definition) is 3. The summed E-state index contributed by atoms with van der Waals surface area (Å²) in [5, 5.41) is 11.0. The van der Waals surface area contributed by atoms with Crippen molar-refractivity contribution in [2.75, 3.05) is 17.2 Å². The molecule has 0 fully saturated rings. The number of carbonyl (C=O) groups excluding carboxylic acids is 2. The van der Waals surface area contributed by atoms with Crippen LogP contribution in [0.25, 0.3) is 5.65 Å². The van der Waals surface area contributed by atoms with Crippen LogP contribution in [0, 0.1) is 6.92 Å². The summed E-state index contributed by atoms with van der Waals surface area (Å²) in [4.78, 5) is 55.4. The summed E-state index contributed by atoms with van der Waals surface area (Å²) in [7, 11) is 0. The molecule has 45 heavy (non-hydrogen) atoms. The number of benzene rings is 2. The molecule has 1 atom stereocenters. The van der Waals surface area contributed by atoms with Gasteiger partial charge in [-0.2, -0.15) is 5.10 Å². The van der Waals surface area contributed by atoms with Gasteiger partial charge in [-0.15, -0.1) is 0 Å². The van der Waals surface area contributed by atoms with Gasteiger partial charge >= 0.3 is 0 Å². The fourth-order valence-corrected chi connectivity index (χ4v) is 6.82. The van der Waals surface area contributed by atoms with E-state index in [1.807, 2.05) is 36.1 Å². The lowest BCUT2D eigenvalue weighted by atomic mass is 9.96. The fraction of sp³-hybridized carbons (Fsp3) is 0.294. The van der Waals surface area contributed by atoms with Crippen LogP contribution in [-0.4, -0.2) is 32.8 Å². The van der Waals surface area contributed by atoms with Crippen LogP contribution in [0.15, 0.2) is 58.3 Å². The van der Waals surface area contributed by atoms with Crippen molar-refractivity contribution < 1.29 is 9.59 Å². The number of rotatable bonds is 8. The largest absolute Gasteiger partial charge is 0.394 e. The first-order valence-electron chi connectivity index (χ1n) is 15.1. The van der Waals surface area contributed by atoms with Crippen molar-refractivity contribution in [2.24, 2.45) is 0 Å². The van der Waals surface area contributed by atoms with E-state index in [1.54, 1.807) is 29.8 Å². The van der Waals surface area contributed by atoms with E-state index in [0.717, 1.165) is 47.2 Å². The summed E-state index contributed by atoms with van der Waals surface area (Å²) >= 11 is 0. The topological polar surface area (TPSA) is 152 Å². The molecule has 1 amide bonds. The van der Waals surface area contributed by atoms with E-state index in [0.29, 0.717) is 43.2 Å². The quantitative estimate of drug-likeness (QED) is 0.180. The van der Waals surface area contributed by atoms with Crippen molar-refractivity contribution in [3.8, 4) is 0 Å². The zero-order valence-electron chi connectivity index (χ0n) is 25.1. The van der Waals surface area contributed by atoms with Gasteiger partial charge in [0.1, 0.15) is 17.1 Å². The van der Waals surface area contributed by atoms with Crippen LogP contribution in [0.2, 0.25) is 0 Å². The number of nitrogens with zero attached hydrogens (tertiary/aromatic N) is 4. The SMILES string of the molecule is CC(=O)c1ccc2c(c1C)CC[C@@H]2NCc1cc(C(=O)NCc2ccc3c(c2)CN(c2c(N)c(=O)c2=O)CC3)nc2ccnn12. The molecule has 0 spiro atoms. The monoisotopic (exact) mass is 603 g/mol. The van der Waals surface area contributed by atoms with Crippen molar-refractivity contribution in [3.63, 3.8) is 0 Å². The first-order valence-corrected chi connectivity index (χ1v) is 15.1. The van der Waals surface area contributed by atoms with Crippen LogP contribution in [0.3, 0.4) is 0 Å². The van der Waals surface area contributed by atoms with Crippen LogP contribution >= 0.6 is 0 Å². The Morgan fingerprint density at radius 3 is 2.67 bits per heavy atom. The highest BCUT2D eigenvalue weighted by Crippen LogP contribution is 2.35. The second kappa shape index (κ2) is 11.1. The zero-order chi connectivity index (χ0) is 31.4. The van der Waals surface area contributed by atoms with Crippen LogP contribution in [-0.2, 0) is 32.5 Å². The Labute approximate surface area is 258 Å². The van der Waals surface area contributed by atoms with E-state index in [9.17, 15) is 19.2 Å². The molecule has 3 heterocycles. The number of ketones is 1. The molecule has 5 aromatic rings. The van der Waals surface area contributed by atoms with Crippen molar-refractivity contribution in [3.05, 3.63) is 119 Å². The van der Waals surface area contributed by atoms with E-state index < -0.39 is 10.9 Å². The average molecular weight is 604 g/mol. The van der Waals surface area contributed by atoms with Crippen LogP contribution in [0.1, 0.15) is 79.3 Å². The van der Waals surface area contributed by atoms with E-state index in [-0.39, 0.29) is 23.4 Å². The molecule has 11 heteroatoms. The van der Waals surface area contributed by atoms with Gasteiger partial charge in [0.05, 0.1) is 11.9 Å². The number of carbonyl (C=O) groups is 2. The van der Waals surface area contributed by atoms with Crippen molar-refractivity contribution in [1.82, 2.24) is 25.2 Å². The molecule has 2 aromatic heterocycles. The lowest BCUT2D eigenvalue weighted by Crippen LogP contribution is -2.44. The summed E-state index contributed by atoms with van der Waals surface area (Å²) in [6.45, 7) is 5.50. The number of anilines is 2. The van der Waals surface area contributed by atoms with Gasteiger partial charge in [-0.25, -0.2) is 9.50 Å². The highest BCUT2D eigenvalue weighted by atomic mass is 16.2. The van der Waals surface area contributed by atoms with Crippen LogP contribution in [0.4, 0.5) is 11.4 Å². The molecule has 1 aliphatic heterocycles. The molecule has 0 bridgehead atoms. The Kier molecular flexibility index (Phi) is 7.04. The van der Waals surface area contributed by atoms with Crippen molar-refractivity contribution in [2.45, 2.75) is 58.8 Å². The molecule has 0 saturated carbocycles. The molecule has 1 aliphatic carbocycles. The van der Waals surface area contributed by atoms with E-state index >= 15 is 0 Å². The standard InChI is InChI=1S/C34H33N7O4/c1-18-24(19(2)42)5-6-26-25(18)7-8-27(26)36-16-23-14-28(39-29-9-11-38-41(23)29)34(45)37-15-20-3-4-21-10-12-40(17-22(21)13-20)31-30(35)32(43)33(31)44/h3-6,9,11,13-14,27,36H,7-8,10,12,15-17,35H2,1-2H3,(H,37,45)/t27-/m0/s1. The number of nitrogen functional groups attached to an aromatic ring is 1. The predicted molar refractivity (Wildman–Crippen MR) is 170 cm³/mol. The number of nitrogens with two attached hydrogens (primary N) is 1. The Bertz CT molecular complexity index is 2090. The summed E-state index contributed by atoms with van der Waals surface area (Å²) in [6, 6.07) is 13.7. The molecule has 4 N–H and O–H groups in total. The van der Waals surface area contributed by atoms with Gasteiger partial charge in [0.25, 0.3) is 16.8 Å². The maximum Gasteiger partial charge on any atom is 0.270 e. The number of aromatic nitrogens is 3. The van der Waals surface area contributed by atoms with Gasteiger partial charge in [0.15, 0.2) is 11.4 Å². The maximum atomic E-state index is 13.3. The Morgan fingerprint density at radius 2 is 1.87 bits per heavy atom. The van der Waals surface area contributed by atoms with Crippen molar-refractivity contribution in [1.29, 1.82) is 0 Å². The maximum absolute atomic E-state index is 13.3. The summed E-state index contributed by atoms with van der Waals surface area (Å²) in [6.07, 6.45) is 4.23. The smallest absolute Gasteiger partial charge is 0.270 e. The predicted octanol–water partition coefficient (Wildman–Crippen LogP) is 2.69. The molecular formula is C34H33N7O4. The number of nitrogens with one attached hydrogen (secondary N) is 2. The summed E-state index contributed by atoms with van der Waals surface area (Å²) in [5.41, 5.74) is 14.1. The summed E-state index contributed by atoms with van der Waals surface area (Å²) < 4.78 is 1.74. The molecule has 11 nitrogen and oxygen atoms in total. The molecule has 2 aliphatic rings. The normalized spacial score (nSPS) is 15.8. The zero-order valence-corrected chi connectivity index (χ0v) is 25.1. The van der Waals surface area contributed by atoms with Gasteiger partial charge < -0.3 is 21.3 Å².